The summed E-state index contributed by atoms with van der Waals surface area (Å²) >= 11 is 0. The first-order valence-electron chi connectivity index (χ1n) is 3.98. The van der Waals surface area contributed by atoms with E-state index in [1.807, 2.05) is 20.0 Å². The van der Waals surface area contributed by atoms with Gasteiger partial charge in [-0.2, -0.15) is 0 Å². The standard InChI is InChI=1S/C9H14N2O/c1-7-3-4-11-5-8(7)9(6-12)10-2/h3-5,9-10,12H,6H2,1-2H3/t9-/m1/s1. The maximum Gasteiger partial charge on any atom is 0.0627 e. The maximum atomic E-state index is 9.01. The summed E-state index contributed by atoms with van der Waals surface area (Å²) in [5.41, 5.74) is 2.21. The van der Waals surface area contributed by atoms with Crippen molar-refractivity contribution in [1.29, 1.82) is 0 Å². The number of aliphatic hydroxyl groups excluding tert-OH is 1. The number of pyridine rings is 1. The summed E-state index contributed by atoms with van der Waals surface area (Å²) in [6, 6.07) is 1.94. The Morgan fingerprint density at radius 2 is 2.42 bits per heavy atom. The zero-order chi connectivity index (χ0) is 8.97. The summed E-state index contributed by atoms with van der Waals surface area (Å²) in [5.74, 6) is 0. The zero-order valence-corrected chi connectivity index (χ0v) is 7.41. The lowest BCUT2D eigenvalue weighted by atomic mass is 10.1. The van der Waals surface area contributed by atoms with Crippen molar-refractivity contribution in [3.05, 3.63) is 29.6 Å². The minimum atomic E-state index is -0.00120. The summed E-state index contributed by atoms with van der Waals surface area (Å²) < 4.78 is 0. The van der Waals surface area contributed by atoms with E-state index in [2.05, 4.69) is 10.3 Å². The molecule has 0 fully saturated rings. The predicted molar refractivity (Wildman–Crippen MR) is 47.9 cm³/mol. The highest BCUT2D eigenvalue weighted by Crippen LogP contribution is 2.14. The Hall–Kier alpha value is -0.930. The third-order valence-corrected chi connectivity index (χ3v) is 1.99. The average molecular weight is 166 g/mol. The van der Waals surface area contributed by atoms with Gasteiger partial charge in [-0.1, -0.05) is 0 Å². The lowest BCUT2D eigenvalue weighted by molar-refractivity contribution is 0.250. The highest BCUT2D eigenvalue weighted by Gasteiger charge is 2.09. The number of nitrogens with zero attached hydrogens (tertiary/aromatic N) is 1. The van der Waals surface area contributed by atoms with Gasteiger partial charge in [0, 0.05) is 12.4 Å². The van der Waals surface area contributed by atoms with Crippen LogP contribution in [0.5, 0.6) is 0 Å². The number of aliphatic hydroxyl groups is 1. The second-order valence-electron chi connectivity index (χ2n) is 2.76. The van der Waals surface area contributed by atoms with Gasteiger partial charge in [0.2, 0.25) is 0 Å². The average Bonchev–Trinajstić information content (AvgIpc) is 2.10. The minimum absolute atomic E-state index is 0.00120. The molecule has 0 amide bonds. The predicted octanol–water partition coefficient (Wildman–Crippen LogP) is 0.643. The summed E-state index contributed by atoms with van der Waals surface area (Å²) in [5, 5.41) is 12.0. The van der Waals surface area contributed by atoms with Crippen LogP contribution >= 0.6 is 0 Å². The number of rotatable bonds is 3. The molecule has 3 nitrogen and oxygen atoms in total. The van der Waals surface area contributed by atoms with Crippen LogP contribution in [0.3, 0.4) is 0 Å². The largest absolute Gasteiger partial charge is 0.394 e. The molecule has 0 aromatic carbocycles. The van der Waals surface area contributed by atoms with E-state index in [1.54, 1.807) is 12.4 Å². The quantitative estimate of drug-likeness (QED) is 0.692. The molecule has 0 saturated carbocycles. The molecule has 0 aliphatic heterocycles. The number of aryl methyl sites for hydroxylation is 1. The Labute approximate surface area is 72.5 Å². The van der Waals surface area contributed by atoms with Crippen molar-refractivity contribution in [2.75, 3.05) is 13.7 Å². The fraction of sp³-hybridized carbons (Fsp3) is 0.444. The van der Waals surface area contributed by atoms with E-state index in [1.165, 1.54) is 0 Å². The Balaban J connectivity index is 2.92. The normalized spacial score (nSPS) is 12.9. The first kappa shape index (κ1) is 9.16. The van der Waals surface area contributed by atoms with Crippen molar-refractivity contribution in [3.8, 4) is 0 Å². The van der Waals surface area contributed by atoms with Gasteiger partial charge in [0.25, 0.3) is 0 Å². The molecule has 1 heterocycles. The molecular formula is C9H14N2O. The second-order valence-corrected chi connectivity index (χ2v) is 2.76. The van der Waals surface area contributed by atoms with E-state index in [4.69, 9.17) is 5.11 Å². The van der Waals surface area contributed by atoms with Gasteiger partial charge in [-0.3, -0.25) is 4.98 Å². The molecule has 1 aromatic rings. The summed E-state index contributed by atoms with van der Waals surface area (Å²) in [6.45, 7) is 2.11. The van der Waals surface area contributed by atoms with E-state index in [9.17, 15) is 0 Å². The first-order valence-corrected chi connectivity index (χ1v) is 3.98. The summed E-state index contributed by atoms with van der Waals surface area (Å²) in [4.78, 5) is 4.01. The summed E-state index contributed by atoms with van der Waals surface area (Å²) in [6.07, 6.45) is 3.54. The lowest BCUT2D eigenvalue weighted by Gasteiger charge is -2.14. The Morgan fingerprint density at radius 3 is 2.92 bits per heavy atom. The van der Waals surface area contributed by atoms with Gasteiger partial charge in [0.05, 0.1) is 12.6 Å². The van der Waals surface area contributed by atoms with Crippen LogP contribution in [-0.2, 0) is 0 Å². The molecular weight excluding hydrogens is 152 g/mol. The SMILES string of the molecule is CN[C@H](CO)c1cnccc1C. The van der Waals surface area contributed by atoms with Gasteiger partial charge in [-0.25, -0.2) is 0 Å². The molecule has 0 aliphatic rings. The van der Waals surface area contributed by atoms with Gasteiger partial charge in [-0.15, -0.1) is 0 Å². The number of hydrogen-bond acceptors (Lipinski definition) is 3. The van der Waals surface area contributed by atoms with Crippen molar-refractivity contribution in [3.63, 3.8) is 0 Å². The number of hydrogen-bond donors (Lipinski definition) is 2. The van der Waals surface area contributed by atoms with Crippen molar-refractivity contribution in [2.24, 2.45) is 0 Å². The number of nitrogens with one attached hydrogen (secondary N) is 1. The third-order valence-electron chi connectivity index (χ3n) is 1.99. The fourth-order valence-electron chi connectivity index (χ4n) is 1.19. The Kier molecular flexibility index (Phi) is 3.19. The molecule has 12 heavy (non-hydrogen) atoms. The van der Waals surface area contributed by atoms with Crippen LogP contribution < -0.4 is 5.32 Å². The highest BCUT2D eigenvalue weighted by atomic mass is 16.3. The molecule has 0 bridgehead atoms. The van der Waals surface area contributed by atoms with Crippen molar-refractivity contribution in [1.82, 2.24) is 10.3 Å². The van der Waals surface area contributed by atoms with Gasteiger partial charge >= 0.3 is 0 Å². The van der Waals surface area contributed by atoms with E-state index in [0.29, 0.717) is 0 Å². The van der Waals surface area contributed by atoms with Crippen LogP contribution in [0.4, 0.5) is 0 Å². The molecule has 0 saturated heterocycles. The van der Waals surface area contributed by atoms with E-state index in [-0.39, 0.29) is 12.6 Å². The smallest absolute Gasteiger partial charge is 0.0627 e. The number of aromatic nitrogens is 1. The minimum Gasteiger partial charge on any atom is -0.394 e. The molecule has 1 atom stereocenters. The molecule has 1 rings (SSSR count). The van der Waals surface area contributed by atoms with E-state index >= 15 is 0 Å². The van der Waals surface area contributed by atoms with Crippen molar-refractivity contribution in [2.45, 2.75) is 13.0 Å². The van der Waals surface area contributed by atoms with Crippen LogP contribution in [0, 0.1) is 6.92 Å². The lowest BCUT2D eigenvalue weighted by Crippen LogP contribution is -2.20. The van der Waals surface area contributed by atoms with Gasteiger partial charge in [-0.05, 0) is 31.2 Å². The molecule has 0 radical (unpaired) electrons. The van der Waals surface area contributed by atoms with Gasteiger partial charge in [0.15, 0.2) is 0 Å². The van der Waals surface area contributed by atoms with Crippen LogP contribution in [-0.4, -0.2) is 23.7 Å². The molecule has 1 aromatic heterocycles. The fourth-order valence-corrected chi connectivity index (χ4v) is 1.19. The second kappa shape index (κ2) is 4.18. The molecule has 0 spiro atoms. The van der Waals surface area contributed by atoms with Crippen LogP contribution in [0.2, 0.25) is 0 Å². The topological polar surface area (TPSA) is 45.1 Å². The summed E-state index contributed by atoms with van der Waals surface area (Å²) in [7, 11) is 1.83. The molecule has 0 aliphatic carbocycles. The molecule has 3 heteroatoms. The molecule has 2 N–H and O–H groups in total. The maximum absolute atomic E-state index is 9.01. The van der Waals surface area contributed by atoms with Crippen LogP contribution in [0.25, 0.3) is 0 Å². The first-order chi connectivity index (χ1) is 5.79. The Bertz CT molecular complexity index is 246. The van der Waals surface area contributed by atoms with Crippen LogP contribution in [0.15, 0.2) is 18.5 Å². The van der Waals surface area contributed by atoms with Gasteiger partial charge < -0.3 is 10.4 Å². The number of likely N-dealkylation sites (N-methyl/N-ethyl adjacent to an activating group) is 1. The molecule has 0 unspecified atom stereocenters. The van der Waals surface area contributed by atoms with E-state index in [0.717, 1.165) is 11.1 Å². The monoisotopic (exact) mass is 166 g/mol. The molecule has 66 valence electrons. The van der Waals surface area contributed by atoms with Crippen LogP contribution in [0.1, 0.15) is 17.2 Å². The third kappa shape index (κ3) is 1.81. The van der Waals surface area contributed by atoms with Gasteiger partial charge in [0.1, 0.15) is 0 Å². The van der Waals surface area contributed by atoms with E-state index < -0.39 is 0 Å². The van der Waals surface area contributed by atoms with Crippen molar-refractivity contribution >= 4 is 0 Å². The zero-order valence-electron chi connectivity index (χ0n) is 7.41. The van der Waals surface area contributed by atoms with Crippen molar-refractivity contribution < 1.29 is 5.11 Å². The Morgan fingerprint density at radius 1 is 1.67 bits per heavy atom. The highest BCUT2D eigenvalue weighted by molar-refractivity contribution is 5.24.